The Morgan fingerprint density at radius 3 is 2.36 bits per heavy atom. The molecule has 1 fully saturated rings. The summed E-state index contributed by atoms with van der Waals surface area (Å²) in [5, 5.41) is 2.87. The number of hydrogen-bond donors (Lipinski definition) is 2. The van der Waals surface area contributed by atoms with Crippen molar-refractivity contribution in [2.45, 2.75) is 6.92 Å². The van der Waals surface area contributed by atoms with Gasteiger partial charge in [-0.15, -0.1) is 0 Å². The molecule has 25 heavy (non-hydrogen) atoms. The third kappa shape index (κ3) is 4.97. The first-order chi connectivity index (χ1) is 12.1. The highest BCUT2D eigenvalue weighted by molar-refractivity contribution is 5.92. The van der Waals surface area contributed by atoms with E-state index in [4.69, 9.17) is 4.74 Å². The molecule has 1 aliphatic rings. The summed E-state index contributed by atoms with van der Waals surface area (Å²) in [6, 6.07) is 15.7. The smallest absolute Gasteiger partial charge is 0.262 e. The van der Waals surface area contributed by atoms with Gasteiger partial charge in [-0.05, 0) is 43.3 Å². The number of rotatable bonds is 5. The number of amides is 1. The van der Waals surface area contributed by atoms with E-state index in [1.54, 1.807) is 4.90 Å². The quantitative estimate of drug-likeness (QED) is 0.864. The van der Waals surface area contributed by atoms with Crippen LogP contribution in [0.5, 0.6) is 5.75 Å². The summed E-state index contributed by atoms with van der Waals surface area (Å²) >= 11 is 0. The van der Waals surface area contributed by atoms with Crippen molar-refractivity contribution in [2.75, 3.05) is 50.1 Å². The number of hydrogen-bond acceptors (Lipinski definition) is 3. The van der Waals surface area contributed by atoms with E-state index < -0.39 is 0 Å². The molecule has 0 spiro atoms. The number of benzene rings is 2. The first kappa shape index (κ1) is 17.3. The van der Waals surface area contributed by atoms with Crippen LogP contribution in [0.25, 0.3) is 0 Å². The number of nitrogens with zero attached hydrogens (tertiary/aromatic N) is 1. The standard InChI is InChI=1S/C20H25N3O2/c1-16-3-9-19(10-4-16)25-15-20(24)21-17-5-7-18(8-6-17)23-13-11-22(2)12-14-23/h3-10H,11-15H2,1-2H3,(H,21,24)/p+1. The van der Waals surface area contributed by atoms with Gasteiger partial charge in [0, 0.05) is 11.4 Å². The van der Waals surface area contributed by atoms with Gasteiger partial charge in [0.15, 0.2) is 6.61 Å². The van der Waals surface area contributed by atoms with Gasteiger partial charge in [-0.1, -0.05) is 17.7 Å². The van der Waals surface area contributed by atoms with Gasteiger partial charge in [0.1, 0.15) is 5.75 Å². The molecular formula is C20H26N3O2+. The number of carbonyl (C=O) groups excluding carboxylic acids is 1. The van der Waals surface area contributed by atoms with Crippen molar-refractivity contribution in [3.63, 3.8) is 0 Å². The second-order valence-electron chi connectivity index (χ2n) is 6.64. The summed E-state index contributed by atoms with van der Waals surface area (Å²) in [4.78, 5) is 16.0. The van der Waals surface area contributed by atoms with Crippen LogP contribution in [0, 0.1) is 6.92 Å². The number of anilines is 2. The Kier molecular flexibility index (Phi) is 5.56. The normalized spacial score (nSPS) is 15.0. The minimum Gasteiger partial charge on any atom is -0.484 e. The zero-order chi connectivity index (χ0) is 17.6. The van der Waals surface area contributed by atoms with Crippen molar-refractivity contribution < 1.29 is 14.4 Å². The summed E-state index contributed by atoms with van der Waals surface area (Å²) < 4.78 is 5.50. The molecular weight excluding hydrogens is 314 g/mol. The molecule has 0 aromatic heterocycles. The Morgan fingerprint density at radius 1 is 1.08 bits per heavy atom. The van der Waals surface area contributed by atoms with Gasteiger partial charge in [-0.25, -0.2) is 0 Å². The number of piperazine rings is 1. The fourth-order valence-electron chi connectivity index (χ4n) is 2.88. The molecule has 2 aromatic carbocycles. The van der Waals surface area contributed by atoms with Gasteiger partial charge >= 0.3 is 0 Å². The molecule has 132 valence electrons. The van der Waals surface area contributed by atoms with E-state index in [1.165, 1.54) is 11.3 Å². The molecule has 0 bridgehead atoms. The second-order valence-corrected chi connectivity index (χ2v) is 6.64. The average Bonchev–Trinajstić information content (AvgIpc) is 2.63. The van der Waals surface area contributed by atoms with Crippen molar-refractivity contribution in [2.24, 2.45) is 0 Å². The zero-order valence-corrected chi connectivity index (χ0v) is 14.9. The van der Waals surface area contributed by atoms with E-state index in [-0.39, 0.29) is 12.5 Å². The third-order valence-corrected chi connectivity index (χ3v) is 4.52. The summed E-state index contributed by atoms with van der Waals surface area (Å²) in [6.07, 6.45) is 0. The molecule has 5 nitrogen and oxygen atoms in total. The van der Waals surface area contributed by atoms with Crippen molar-refractivity contribution in [1.82, 2.24) is 0 Å². The molecule has 1 saturated heterocycles. The lowest BCUT2D eigenvalue weighted by Crippen LogP contribution is -3.12. The molecule has 1 aliphatic heterocycles. The Labute approximate surface area is 149 Å². The molecule has 0 radical (unpaired) electrons. The largest absolute Gasteiger partial charge is 0.484 e. The molecule has 1 amide bonds. The maximum absolute atomic E-state index is 12.0. The molecule has 5 heteroatoms. The molecule has 2 N–H and O–H groups in total. The van der Waals surface area contributed by atoms with Crippen molar-refractivity contribution in [3.05, 3.63) is 54.1 Å². The Morgan fingerprint density at radius 2 is 1.72 bits per heavy atom. The van der Waals surface area contributed by atoms with Crippen molar-refractivity contribution >= 4 is 17.3 Å². The van der Waals surface area contributed by atoms with Crippen LogP contribution in [0.15, 0.2) is 48.5 Å². The minimum absolute atomic E-state index is 0.00600. The van der Waals surface area contributed by atoms with Crippen LogP contribution < -0.4 is 19.9 Å². The summed E-state index contributed by atoms with van der Waals surface area (Å²) in [6.45, 7) is 6.49. The molecule has 0 aliphatic carbocycles. The van der Waals surface area contributed by atoms with Crippen LogP contribution in [0.1, 0.15) is 5.56 Å². The molecule has 1 heterocycles. The first-order valence-corrected chi connectivity index (χ1v) is 8.76. The van der Waals surface area contributed by atoms with Crippen molar-refractivity contribution in [3.8, 4) is 5.75 Å². The van der Waals surface area contributed by atoms with E-state index in [0.717, 1.165) is 31.9 Å². The zero-order valence-electron chi connectivity index (χ0n) is 14.9. The Bertz CT molecular complexity index is 690. The maximum Gasteiger partial charge on any atom is 0.262 e. The van der Waals surface area contributed by atoms with E-state index in [9.17, 15) is 4.79 Å². The summed E-state index contributed by atoms with van der Waals surface area (Å²) in [5.74, 6) is 0.546. The number of carbonyl (C=O) groups is 1. The monoisotopic (exact) mass is 340 g/mol. The van der Waals surface area contributed by atoms with Crippen LogP contribution in [0.4, 0.5) is 11.4 Å². The second kappa shape index (κ2) is 8.03. The number of likely N-dealkylation sites (N-methyl/N-ethyl adjacent to an activating group) is 1. The maximum atomic E-state index is 12.0. The highest BCUT2D eigenvalue weighted by Crippen LogP contribution is 2.18. The van der Waals surface area contributed by atoms with Gasteiger partial charge in [-0.2, -0.15) is 0 Å². The average molecular weight is 340 g/mol. The predicted octanol–water partition coefficient (Wildman–Crippen LogP) is 1.35. The van der Waals surface area contributed by atoms with E-state index in [0.29, 0.717) is 5.75 Å². The van der Waals surface area contributed by atoms with Crippen LogP contribution in [-0.2, 0) is 4.79 Å². The van der Waals surface area contributed by atoms with Gasteiger partial charge in [0.2, 0.25) is 0 Å². The van der Waals surface area contributed by atoms with Gasteiger partial charge in [-0.3, -0.25) is 4.79 Å². The van der Waals surface area contributed by atoms with Gasteiger partial charge in [0.05, 0.1) is 33.2 Å². The van der Waals surface area contributed by atoms with E-state index in [1.807, 2.05) is 43.3 Å². The Hall–Kier alpha value is -2.53. The molecule has 3 rings (SSSR count). The van der Waals surface area contributed by atoms with Crippen LogP contribution >= 0.6 is 0 Å². The number of ether oxygens (including phenoxy) is 1. The van der Waals surface area contributed by atoms with E-state index in [2.05, 4.69) is 29.4 Å². The van der Waals surface area contributed by atoms with Crippen LogP contribution in [0.3, 0.4) is 0 Å². The Balaban J connectivity index is 1.49. The highest BCUT2D eigenvalue weighted by Gasteiger charge is 2.16. The lowest BCUT2D eigenvalue weighted by Gasteiger charge is -2.31. The summed E-state index contributed by atoms with van der Waals surface area (Å²) in [5.41, 5.74) is 3.17. The predicted molar refractivity (Wildman–Crippen MR) is 101 cm³/mol. The van der Waals surface area contributed by atoms with Crippen molar-refractivity contribution in [1.29, 1.82) is 0 Å². The summed E-state index contributed by atoms with van der Waals surface area (Å²) in [7, 11) is 2.23. The first-order valence-electron chi connectivity index (χ1n) is 8.76. The molecule has 0 unspecified atom stereocenters. The van der Waals surface area contributed by atoms with Gasteiger partial charge in [0.25, 0.3) is 5.91 Å². The third-order valence-electron chi connectivity index (χ3n) is 4.52. The molecule has 2 aromatic rings. The lowest BCUT2D eigenvalue weighted by atomic mass is 10.2. The minimum atomic E-state index is -0.156. The van der Waals surface area contributed by atoms with Crippen LogP contribution in [0.2, 0.25) is 0 Å². The number of aryl methyl sites for hydroxylation is 1. The lowest BCUT2D eigenvalue weighted by molar-refractivity contribution is -0.880. The fourth-order valence-corrected chi connectivity index (χ4v) is 2.88. The molecule has 0 atom stereocenters. The molecule has 0 saturated carbocycles. The topological polar surface area (TPSA) is 46.0 Å². The fraction of sp³-hybridized carbons (Fsp3) is 0.350. The highest BCUT2D eigenvalue weighted by atomic mass is 16.5. The number of quaternary nitrogens is 1. The van der Waals surface area contributed by atoms with Crippen LogP contribution in [-0.4, -0.2) is 45.7 Å². The SMILES string of the molecule is Cc1ccc(OCC(=O)Nc2ccc(N3CC[NH+](C)CC3)cc2)cc1. The number of nitrogens with one attached hydrogen (secondary N) is 2. The van der Waals surface area contributed by atoms with Gasteiger partial charge < -0.3 is 19.9 Å². The van der Waals surface area contributed by atoms with E-state index >= 15 is 0 Å².